The van der Waals surface area contributed by atoms with Crippen LogP contribution in [0.2, 0.25) is 0 Å². The summed E-state index contributed by atoms with van der Waals surface area (Å²) in [7, 11) is 0. The van der Waals surface area contributed by atoms with E-state index in [1.54, 1.807) is 36.4 Å². The number of hydrogen-bond donors (Lipinski definition) is 2. The molecule has 0 unspecified atom stereocenters. The molecule has 2 N–H and O–H groups in total. The maximum atomic E-state index is 11.7. The van der Waals surface area contributed by atoms with Crippen molar-refractivity contribution in [2.24, 2.45) is 0 Å². The van der Waals surface area contributed by atoms with E-state index in [0.717, 1.165) is 17.4 Å². The second-order valence-corrected chi connectivity index (χ2v) is 9.58. The van der Waals surface area contributed by atoms with Crippen LogP contribution in [0.5, 0.6) is 17.2 Å². The van der Waals surface area contributed by atoms with Crippen molar-refractivity contribution in [3.05, 3.63) is 81.4 Å². The number of benzene rings is 3. The van der Waals surface area contributed by atoms with E-state index < -0.39 is 10.9 Å². The number of carbonyl (C=O) groups excluding carboxylic acids is 1. The van der Waals surface area contributed by atoms with Crippen molar-refractivity contribution >= 4 is 29.2 Å². The zero-order valence-corrected chi connectivity index (χ0v) is 22.0. The van der Waals surface area contributed by atoms with Crippen LogP contribution >= 0.6 is 11.8 Å². The number of rotatable bonds is 14. The highest BCUT2D eigenvalue weighted by atomic mass is 32.2. The van der Waals surface area contributed by atoms with Gasteiger partial charge in [0.25, 0.3) is 5.69 Å². The van der Waals surface area contributed by atoms with Crippen molar-refractivity contribution in [3.8, 4) is 17.2 Å². The molecule has 3 rings (SSSR count). The number of aromatic carboxylic acids is 1. The Hall–Kier alpha value is -4.05. The largest absolute Gasteiger partial charge is 0.507 e. The van der Waals surface area contributed by atoms with Crippen molar-refractivity contribution in [1.82, 2.24) is 0 Å². The zero-order valence-electron chi connectivity index (χ0n) is 21.1. The van der Waals surface area contributed by atoms with E-state index in [9.17, 15) is 29.9 Å². The number of aromatic hydroxyl groups is 1. The topological polar surface area (TPSA) is 136 Å². The number of nitro benzene ring substituents is 1. The fourth-order valence-electron chi connectivity index (χ4n) is 3.75. The molecule has 0 heterocycles. The van der Waals surface area contributed by atoms with E-state index in [1.165, 1.54) is 30.8 Å². The van der Waals surface area contributed by atoms with Crippen LogP contribution in [0.25, 0.3) is 0 Å². The van der Waals surface area contributed by atoms with Gasteiger partial charge < -0.3 is 19.7 Å². The number of phenols is 1. The molecule has 38 heavy (non-hydrogen) atoms. The van der Waals surface area contributed by atoms with Gasteiger partial charge in [0.2, 0.25) is 0 Å². The SMILES string of the molecule is CCCc1c(OCCCCOc2cccc(Sc3ccc([N+](=O)[O-])cc3C(=O)O)c2)ccc(C(C)=O)c1O. The van der Waals surface area contributed by atoms with Crippen LogP contribution in [0.1, 0.15) is 59.4 Å². The van der Waals surface area contributed by atoms with Gasteiger partial charge in [-0.3, -0.25) is 14.9 Å². The van der Waals surface area contributed by atoms with E-state index in [0.29, 0.717) is 60.0 Å². The Labute approximate surface area is 224 Å². The summed E-state index contributed by atoms with van der Waals surface area (Å²) in [5, 5.41) is 30.9. The molecule has 0 aliphatic heterocycles. The summed E-state index contributed by atoms with van der Waals surface area (Å²) in [5.74, 6) is -0.252. The number of nitro groups is 1. The van der Waals surface area contributed by atoms with Gasteiger partial charge in [-0.25, -0.2) is 4.79 Å². The van der Waals surface area contributed by atoms with Gasteiger partial charge in [0.15, 0.2) is 5.78 Å². The highest BCUT2D eigenvalue weighted by Crippen LogP contribution is 2.35. The van der Waals surface area contributed by atoms with Crippen molar-refractivity contribution < 1.29 is 34.2 Å². The van der Waals surface area contributed by atoms with Crippen LogP contribution in [0, 0.1) is 10.1 Å². The second kappa shape index (κ2) is 13.5. The molecule has 3 aromatic rings. The summed E-state index contributed by atoms with van der Waals surface area (Å²) in [6, 6.07) is 14.2. The number of carboxylic acid groups (broad SMARTS) is 1. The average molecular weight is 540 g/mol. The lowest BCUT2D eigenvalue weighted by Crippen LogP contribution is -2.05. The highest BCUT2D eigenvalue weighted by Gasteiger charge is 2.18. The first-order chi connectivity index (χ1) is 18.2. The minimum Gasteiger partial charge on any atom is -0.507 e. The first-order valence-corrected chi connectivity index (χ1v) is 12.9. The van der Waals surface area contributed by atoms with E-state index in [2.05, 4.69) is 0 Å². The molecule has 0 atom stereocenters. The number of ether oxygens (including phenoxy) is 2. The number of hydrogen-bond acceptors (Lipinski definition) is 8. The average Bonchev–Trinajstić information content (AvgIpc) is 2.88. The number of non-ortho nitro benzene ring substituents is 1. The van der Waals surface area contributed by atoms with Gasteiger partial charge in [-0.1, -0.05) is 31.2 Å². The van der Waals surface area contributed by atoms with E-state index in [1.807, 2.05) is 6.92 Å². The van der Waals surface area contributed by atoms with Gasteiger partial charge in [-0.05, 0) is 62.6 Å². The molecule has 3 aromatic carbocycles. The van der Waals surface area contributed by atoms with Crippen LogP contribution in [0.4, 0.5) is 5.69 Å². The number of Topliss-reactive ketones (excluding diaryl/α,β-unsaturated/α-hetero) is 1. The molecule has 0 aliphatic rings. The van der Waals surface area contributed by atoms with Crippen molar-refractivity contribution in [2.45, 2.75) is 49.3 Å². The summed E-state index contributed by atoms with van der Waals surface area (Å²) >= 11 is 1.19. The predicted molar refractivity (Wildman–Crippen MR) is 143 cm³/mol. The maximum Gasteiger partial charge on any atom is 0.337 e. The number of ketones is 1. The van der Waals surface area contributed by atoms with Gasteiger partial charge in [0.05, 0.1) is 29.3 Å². The third kappa shape index (κ3) is 7.48. The fraction of sp³-hybridized carbons (Fsp3) is 0.286. The molecule has 10 heteroatoms. The molecule has 0 amide bonds. The monoisotopic (exact) mass is 539 g/mol. The molecular weight excluding hydrogens is 510 g/mol. The predicted octanol–water partition coefficient (Wildman–Crippen LogP) is 6.54. The number of carboxylic acids is 1. The number of nitrogens with zero attached hydrogens (tertiary/aromatic N) is 1. The van der Waals surface area contributed by atoms with Crippen LogP contribution in [0.3, 0.4) is 0 Å². The van der Waals surface area contributed by atoms with Crippen LogP contribution in [0.15, 0.2) is 64.4 Å². The lowest BCUT2D eigenvalue weighted by molar-refractivity contribution is -0.384. The van der Waals surface area contributed by atoms with Gasteiger partial charge in [0, 0.05) is 27.5 Å². The Bertz CT molecular complexity index is 1320. The van der Waals surface area contributed by atoms with Gasteiger partial charge in [-0.2, -0.15) is 0 Å². The van der Waals surface area contributed by atoms with E-state index >= 15 is 0 Å². The first kappa shape index (κ1) is 28.5. The summed E-state index contributed by atoms with van der Waals surface area (Å²) in [5.41, 5.74) is 0.522. The summed E-state index contributed by atoms with van der Waals surface area (Å²) in [6.07, 6.45) is 2.83. The molecule has 0 bridgehead atoms. The molecule has 0 fully saturated rings. The zero-order chi connectivity index (χ0) is 27.7. The van der Waals surface area contributed by atoms with Gasteiger partial charge in [0.1, 0.15) is 17.2 Å². The third-order valence-electron chi connectivity index (χ3n) is 5.62. The van der Waals surface area contributed by atoms with Crippen molar-refractivity contribution in [2.75, 3.05) is 13.2 Å². The Morgan fingerprint density at radius 1 is 1.00 bits per heavy atom. The third-order valence-corrected chi connectivity index (χ3v) is 6.69. The smallest absolute Gasteiger partial charge is 0.337 e. The van der Waals surface area contributed by atoms with Crippen molar-refractivity contribution in [3.63, 3.8) is 0 Å². The second-order valence-electron chi connectivity index (χ2n) is 8.47. The Morgan fingerprint density at radius 2 is 1.74 bits per heavy atom. The summed E-state index contributed by atoms with van der Waals surface area (Å²) in [6.45, 7) is 4.27. The molecule has 0 spiro atoms. The molecule has 0 radical (unpaired) electrons. The van der Waals surface area contributed by atoms with Crippen LogP contribution in [-0.2, 0) is 6.42 Å². The Morgan fingerprint density at radius 3 is 2.39 bits per heavy atom. The number of unbranched alkanes of at least 4 members (excludes halogenated alkanes) is 1. The van der Waals surface area contributed by atoms with Crippen LogP contribution in [-0.4, -0.2) is 40.1 Å². The van der Waals surface area contributed by atoms with E-state index in [4.69, 9.17) is 9.47 Å². The highest BCUT2D eigenvalue weighted by molar-refractivity contribution is 7.99. The Kier molecular flexibility index (Phi) is 10.1. The van der Waals surface area contributed by atoms with E-state index in [-0.39, 0.29) is 22.8 Å². The minimum absolute atomic E-state index is 0.0119. The quantitative estimate of drug-likeness (QED) is 0.101. The van der Waals surface area contributed by atoms with Gasteiger partial charge >= 0.3 is 5.97 Å². The lowest BCUT2D eigenvalue weighted by Gasteiger charge is -2.15. The normalized spacial score (nSPS) is 10.7. The minimum atomic E-state index is -1.24. The maximum absolute atomic E-state index is 11.7. The molecule has 200 valence electrons. The molecule has 0 saturated carbocycles. The molecule has 0 aromatic heterocycles. The van der Waals surface area contributed by atoms with Crippen molar-refractivity contribution in [1.29, 1.82) is 0 Å². The number of carbonyl (C=O) groups is 2. The number of phenolic OH excluding ortho intramolecular Hbond substituents is 1. The van der Waals surface area contributed by atoms with Crippen LogP contribution < -0.4 is 9.47 Å². The molecule has 0 saturated heterocycles. The summed E-state index contributed by atoms with van der Waals surface area (Å²) in [4.78, 5) is 34.8. The fourth-order valence-corrected chi connectivity index (χ4v) is 4.72. The molecular formula is C28H29NO8S. The first-order valence-electron chi connectivity index (χ1n) is 12.1. The lowest BCUT2D eigenvalue weighted by atomic mass is 10.0. The molecule has 0 aliphatic carbocycles. The summed E-state index contributed by atoms with van der Waals surface area (Å²) < 4.78 is 11.7. The van der Waals surface area contributed by atoms with Gasteiger partial charge in [-0.15, -0.1) is 0 Å². The molecule has 9 nitrogen and oxygen atoms in total. The standard InChI is InChI=1S/C28H29NO8S/c1-3-7-23-25(12-11-22(18(2)30)27(23)31)37-15-5-4-14-36-20-8-6-9-21(17-20)38-26-13-10-19(29(34)35)16-24(26)28(32)33/h6,8-13,16-17,31H,3-5,7,14-15H2,1-2H3,(H,32,33). The Balaban J connectivity index is 1.53.